The van der Waals surface area contributed by atoms with Crippen LogP contribution in [0.15, 0.2) is 57.9 Å². The van der Waals surface area contributed by atoms with Crippen LogP contribution >= 0.6 is 0 Å². The Morgan fingerprint density at radius 1 is 1.29 bits per heavy atom. The van der Waals surface area contributed by atoms with E-state index in [-0.39, 0.29) is 11.8 Å². The molecule has 108 valence electrons. The molecule has 3 nitrogen and oxygen atoms in total. The summed E-state index contributed by atoms with van der Waals surface area (Å²) in [4.78, 5) is 11.5. The van der Waals surface area contributed by atoms with Crippen LogP contribution in [0.25, 0.3) is 0 Å². The molecule has 3 aliphatic carbocycles. The molecule has 0 saturated heterocycles. The second kappa shape index (κ2) is 4.76. The number of rotatable bonds is 1. The van der Waals surface area contributed by atoms with Crippen LogP contribution in [0.3, 0.4) is 0 Å². The van der Waals surface area contributed by atoms with Gasteiger partial charge >= 0.3 is 0 Å². The molecule has 0 aromatic heterocycles. The molecular formula is C18H20N2O. The van der Waals surface area contributed by atoms with Gasteiger partial charge in [-0.2, -0.15) is 0 Å². The molecule has 0 aromatic carbocycles. The Hall–Kier alpha value is -2.03. The Morgan fingerprint density at radius 3 is 3.05 bits per heavy atom. The summed E-state index contributed by atoms with van der Waals surface area (Å²) in [6.45, 7) is 0.951. The van der Waals surface area contributed by atoms with Crippen molar-refractivity contribution < 1.29 is 4.79 Å². The van der Waals surface area contributed by atoms with Crippen LogP contribution < -0.4 is 11.1 Å². The van der Waals surface area contributed by atoms with Crippen LogP contribution in [0.4, 0.5) is 0 Å². The second-order valence-corrected chi connectivity index (χ2v) is 6.31. The predicted molar refractivity (Wildman–Crippen MR) is 83.1 cm³/mol. The number of fused-ring (bicyclic) bond motifs is 1. The topological polar surface area (TPSA) is 55.1 Å². The Labute approximate surface area is 125 Å². The summed E-state index contributed by atoms with van der Waals surface area (Å²) in [7, 11) is 0. The third kappa shape index (κ3) is 1.99. The highest BCUT2D eigenvalue weighted by molar-refractivity contribution is 5.78. The van der Waals surface area contributed by atoms with E-state index >= 15 is 0 Å². The summed E-state index contributed by atoms with van der Waals surface area (Å²) in [5, 5.41) is 3.43. The summed E-state index contributed by atoms with van der Waals surface area (Å²) in [6, 6.07) is 0. The second-order valence-electron chi connectivity index (χ2n) is 6.31. The first kappa shape index (κ1) is 12.7. The quantitative estimate of drug-likeness (QED) is 0.776. The lowest BCUT2D eigenvalue weighted by Crippen LogP contribution is -2.27. The third-order valence-corrected chi connectivity index (χ3v) is 5.09. The van der Waals surface area contributed by atoms with E-state index in [1.807, 2.05) is 0 Å². The van der Waals surface area contributed by atoms with E-state index < -0.39 is 0 Å². The van der Waals surface area contributed by atoms with Crippen LogP contribution in [-0.4, -0.2) is 12.5 Å². The van der Waals surface area contributed by atoms with Gasteiger partial charge in [0.25, 0.3) is 0 Å². The Balaban J connectivity index is 1.80. The highest BCUT2D eigenvalue weighted by atomic mass is 16.1. The molecule has 0 fully saturated rings. The van der Waals surface area contributed by atoms with Crippen LogP contribution in [0.1, 0.15) is 32.1 Å². The number of nitrogens with two attached hydrogens (primary N) is 1. The van der Waals surface area contributed by atoms with Crippen molar-refractivity contribution >= 4 is 5.91 Å². The highest BCUT2D eigenvalue weighted by Crippen LogP contribution is 2.45. The standard InChI is InChI=1S/C18H20N2O/c19-18(21)13-6-7-15-12(8-13)5-4-11-2-1-3-14-9-20-10-16(15)17(11)14/h1-2,4,10,13,20H,3,5-9H2,(H2,19,21). The van der Waals surface area contributed by atoms with E-state index in [1.54, 1.807) is 0 Å². The van der Waals surface area contributed by atoms with Crippen LogP contribution in [-0.2, 0) is 4.79 Å². The summed E-state index contributed by atoms with van der Waals surface area (Å²) in [6.07, 6.45) is 13.7. The van der Waals surface area contributed by atoms with Gasteiger partial charge in [0, 0.05) is 24.2 Å². The molecule has 1 unspecified atom stereocenters. The zero-order valence-electron chi connectivity index (χ0n) is 12.1. The van der Waals surface area contributed by atoms with Crippen molar-refractivity contribution in [3.63, 3.8) is 0 Å². The number of hydrogen-bond donors (Lipinski definition) is 2. The zero-order chi connectivity index (χ0) is 14.4. The smallest absolute Gasteiger partial charge is 0.220 e. The molecule has 0 aromatic rings. The maximum absolute atomic E-state index is 11.5. The van der Waals surface area contributed by atoms with Gasteiger partial charge in [0.1, 0.15) is 0 Å². The predicted octanol–water partition coefficient (Wildman–Crippen LogP) is 2.64. The number of allylic oxidation sites excluding steroid dienone is 8. The van der Waals surface area contributed by atoms with Crippen molar-refractivity contribution in [1.29, 1.82) is 0 Å². The largest absolute Gasteiger partial charge is 0.387 e. The molecule has 1 aliphatic heterocycles. The van der Waals surface area contributed by atoms with Crippen molar-refractivity contribution in [2.45, 2.75) is 32.1 Å². The minimum absolute atomic E-state index is 0.0171. The lowest BCUT2D eigenvalue weighted by molar-refractivity contribution is -0.122. The van der Waals surface area contributed by atoms with Gasteiger partial charge in [0.15, 0.2) is 0 Å². The fourth-order valence-electron chi connectivity index (χ4n) is 4.01. The van der Waals surface area contributed by atoms with Gasteiger partial charge in [-0.15, -0.1) is 0 Å². The lowest BCUT2D eigenvalue weighted by Gasteiger charge is -2.30. The van der Waals surface area contributed by atoms with Gasteiger partial charge in [-0.1, -0.05) is 23.8 Å². The van der Waals surface area contributed by atoms with Gasteiger partial charge in [-0.05, 0) is 54.4 Å². The van der Waals surface area contributed by atoms with E-state index in [1.165, 1.54) is 33.4 Å². The average Bonchev–Trinajstić information content (AvgIpc) is 2.67. The number of nitrogens with one attached hydrogen (secondary N) is 1. The molecule has 3 heteroatoms. The van der Waals surface area contributed by atoms with Gasteiger partial charge < -0.3 is 11.1 Å². The fourth-order valence-corrected chi connectivity index (χ4v) is 4.01. The van der Waals surface area contributed by atoms with Crippen molar-refractivity contribution in [2.75, 3.05) is 6.54 Å². The average molecular weight is 280 g/mol. The summed E-state index contributed by atoms with van der Waals surface area (Å²) < 4.78 is 0. The van der Waals surface area contributed by atoms with Crippen molar-refractivity contribution in [3.8, 4) is 0 Å². The van der Waals surface area contributed by atoms with E-state index in [9.17, 15) is 4.79 Å². The highest BCUT2D eigenvalue weighted by Gasteiger charge is 2.31. The van der Waals surface area contributed by atoms with Gasteiger partial charge in [-0.3, -0.25) is 4.79 Å². The SMILES string of the molecule is NC(=O)C1CCC2=C(CC=C3C=CCC4=C3C2=CNC4)C1. The molecule has 21 heavy (non-hydrogen) atoms. The van der Waals surface area contributed by atoms with Crippen LogP contribution in [0.2, 0.25) is 0 Å². The first-order valence-corrected chi connectivity index (χ1v) is 7.77. The maximum atomic E-state index is 11.5. The summed E-state index contributed by atoms with van der Waals surface area (Å²) in [5.74, 6) is -0.130. The molecule has 0 saturated carbocycles. The van der Waals surface area contributed by atoms with Crippen LogP contribution in [0.5, 0.6) is 0 Å². The van der Waals surface area contributed by atoms with E-state index in [0.29, 0.717) is 0 Å². The lowest BCUT2D eigenvalue weighted by atomic mass is 9.77. The Kier molecular flexibility index (Phi) is 2.88. The number of carbonyl (C=O) groups is 1. The molecule has 1 atom stereocenters. The maximum Gasteiger partial charge on any atom is 0.220 e. The van der Waals surface area contributed by atoms with Crippen molar-refractivity contribution in [2.24, 2.45) is 11.7 Å². The van der Waals surface area contributed by atoms with Crippen molar-refractivity contribution in [1.82, 2.24) is 5.32 Å². The molecule has 0 bridgehead atoms. The minimum atomic E-state index is -0.147. The Bertz CT molecular complexity index is 673. The summed E-state index contributed by atoms with van der Waals surface area (Å²) in [5.41, 5.74) is 14.0. The van der Waals surface area contributed by atoms with Crippen molar-refractivity contribution in [3.05, 3.63) is 57.9 Å². The van der Waals surface area contributed by atoms with E-state index in [4.69, 9.17) is 5.73 Å². The molecule has 0 spiro atoms. The number of carbonyl (C=O) groups excluding carboxylic acids is 1. The monoisotopic (exact) mass is 280 g/mol. The first-order valence-electron chi connectivity index (χ1n) is 7.77. The molecular weight excluding hydrogens is 260 g/mol. The van der Waals surface area contributed by atoms with Gasteiger partial charge in [0.2, 0.25) is 5.91 Å². The van der Waals surface area contributed by atoms with E-state index in [2.05, 4.69) is 29.7 Å². The van der Waals surface area contributed by atoms with E-state index in [0.717, 1.165) is 38.6 Å². The molecule has 3 N–H and O–H groups in total. The number of primary amides is 1. The summed E-state index contributed by atoms with van der Waals surface area (Å²) >= 11 is 0. The molecule has 4 rings (SSSR count). The Morgan fingerprint density at radius 2 is 2.19 bits per heavy atom. The van der Waals surface area contributed by atoms with Gasteiger partial charge in [-0.25, -0.2) is 0 Å². The fraction of sp³-hybridized carbons (Fsp3) is 0.389. The van der Waals surface area contributed by atoms with Gasteiger partial charge in [0.05, 0.1) is 0 Å². The first-order chi connectivity index (χ1) is 10.2. The third-order valence-electron chi connectivity index (χ3n) is 5.09. The molecule has 4 aliphatic rings. The normalized spacial score (nSPS) is 27.1. The number of dihydropyridines is 1. The zero-order valence-corrected chi connectivity index (χ0v) is 12.1. The molecule has 0 radical (unpaired) electrons. The number of amides is 1. The minimum Gasteiger partial charge on any atom is -0.387 e. The van der Waals surface area contributed by atoms with Crippen LogP contribution in [0, 0.1) is 5.92 Å². The molecule has 1 heterocycles. The number of hydrogen-bond acceptors (Lipinski definition) is 2. The molecule has 1 amide bonds.